The highest BCUT2D eigenvalue weighted by Gasteiger charge is 2.14. The van der Waals surface area contributed by atoms with Crippen LogP contribution in [0.25, 0.3) is 0 Å². The van der Waals surface area contributed by atoms with Crippen molar-refractivity contribution >= 4 is 23.4 Å². The fourth-order valence-corrected chi connectivity index (χ4v) is 3.63. The molecule has 0 radical (unpaired) electrons. The van der Waals surface area contributed by atoms with E-state index in [0.717, 1.165) is 22.2 Å². The average Bonchev–Trinajstić information content (AvgIpc) is 3.01. The number of nitrogens with one attached hydrogen (secondary N) is 1. The molecular weight excluding hydrogens is 356 g/mol. The molecule has 3 aromatic rings. The maximum atomic E-state index is 12.4. The Kier molecular flexibility index (Phi) is 6.29. The molecule has 0 aliphatic heterocycles. The number of aromatic nitrogens is 3. The molecule has 1 amide bonds. The number of thioether (sulfide) groups is 1. The van der Waals surface area contributed by atoms with Gasteiger partial charge in [0.25, 0.3) is 0 Å². The summed E-state index contributed by atoms with van der Waals surface area (Å²) < 4.78 is 2.04. The fraction of sp³-hybridized carbons (Fsp3) is 0.286. The van der Waals surface area contributed by atoms with Crippen LogP contribution >= 0.6 is 11.8 Å². The van der Waals surface area contributed by atoms with E-state index in [2.05, 4.69) is 41.5 Å². The molecule has 0 unspecified atom stereocenters. The van der Waals surface area contributed by atoms with Crippen LogP contribution in [-0.2, 0) is 11.3 Å². The number of hydrogen-bond donors (Lipinski definition) is 1. The third kappa shape index (κ3) is 4.98. The third-order valence-corrected chi connectivity index (χ3v) is 5.24. The predicted octanol–water partition coefficient (Wildman–Crippen LogP) is 4.49. The van der Waals surface area contributed by atoms with Gasteiger partial charge in [-0.15, -0.1) is 10.2 Å². The van der Waals surface area contributed by atoms with E-state index in [9.17, 15) is 4.79 Å². The molecule has 0 saturated carbocycles. The monoisotopic (exact) mass is 380 g/mol. The van der Waals surface area contributed by atoms with Gasteiger partial charge in [-0.2, -0.15) is 0 Å². The van der Waals surface area contributed by atoms with Gasteiger partial charge in [0.2, 0.25) is 5.91 Å². The summed E-state index contributed by atoms with van der Waals surface area (Å²) in [6, 6.07) is 18.1. The molecule has 1 aromatic heterocycles. The minimum atomic E-state index is -0.0417. The maximum absolute atomic E-state index is 12.4. The summed E-state index contributed by atoms with van der Waals surface area (Å²) in [6.07, 6.45) is 0. The van der Waals surface area contributed by atoms with Crippen molar-refractivity contribution < 1.29 is 4.79 Å². The number of carbonyl (C=O) groups excluding carboxylic acids is 1. The zero-order chi connectivity index (χ0) is 19.2. The normalized spacial score (nSPS) is 11.0. The number of nitrogens with zero attached hydrogens (tertiary/aromatic N) is 3. The molecule has 3 rings (SSSR count). The zero-order valence-corrected chi connectivity index (χ0v) is 16.7. The number of carbonyl (C=O) groups is 1. The molecule has 0 bridgehead atoms. The van der Waals surface area contributed by atoms with Gasteiger partial charge in [-0.1, -0.05) is 74.1 Å². The first-order valence-corrected chi connectivity index (χ1v) is 9.98. The summed E-state index contributed by atoms with van der Waals surface area (Å²) in [5.41, 5.74) is 3.19. The third-order valence-electron chi connectivity index (χ3n) is 4.27. The summed E-state index contributed by atoms with van der Waals surface area (Å²) in [5, 5.41) is 12.2. The Bertz CT molecular complexity index is 906. The van der Waals surface area contributed by atoms with Crippen LogP contribution in [0.5, 0.6) is 0 Å². The molecule has 0 saturated heterocycles. The zero-order valence-electron chi connectivity index (χ0n) is 15.8. The standard InChI is InChI=1S/C21H24N4OS/c1-15(2)18-11-7-8-12-19(18)22-20(26)14-27-21-24-23-16(3)25(21)13-17-9-5-4-6-10-17/h4-12,15H,13-14H2,1-3H3,(H,22,26). The first-order chi connectivity index (χ1) is 13.0. The van der Waals surface area contributed by atoms with Gasteiger partial charge in [0.05, 0.1) is 12.3 Å². The van der Waals surface area contributed by atoms with Crippen LogP contribution < -0.4 is 5.32 Å². The molecule has 0 spiro atoms. The van der Waals surface area contributed by atoms with E-state index in [0.29, 0.717) is 18.2 Å². The van der Waals surface area contributed by atoms with E-state index in [-0.39, 0.29) is 5.91 Å². The van der Waals surface area contributed by atoms with Crippen LogP contribution in [0.3, 0.4) is 0 Å². The van der Waals surface area contributed by atoms with E-state index < -0.39 is 0 Å². The minimum absolute atomic E-state index is 0.0417. The number of benzene rings is 2. The Labute approximate surface area is 164 Å². The highest BCUT2D eigenvalue weighted by molar-refractivity contribution is 7.99. The van der Waals surface area contributed by atoms with Crippen LogP contribution in [0.15, 0.2) is 59.8 Å². The van der Waals surface area contributed by atoms with E-state index in [1.807, 2.05) is 54.0 Å². The van der Waals surface area contributed by atoms with Gasteiger partial charge in [0.1, 0.15) is 5.82 Å². The molecule has 0 aliphatic carbocycles. The molecular formula is C21H24N4OS. The summed E-state index contributed by atoms with van der Waals surface area (Å²) in [4.78, 5) is 12.4. The van der Waals surface area contributed by atoms with E-state index in [4.69, 9.17) is 0 Å². The fourth-order valence-electron chi connectivity index (χ4n) is 2.85. The Morgan fingerprint density at radius 2 is 1.78 bits per heavy atom. The smallest absolute Gasteiger partial charge is 0.234 e. The van der Waals surface area contributed by atoms with Crippen molar-refractivity contribution in [1.29, 1.82) is 0 Å². The molecule has 2 aromatic carbocycles. The van der Waals surface area contributed by atoms with Crippen LogP contribution in [0.4, 0.5) is 5.69 Å². The second-order valence-corrected chi connectivity index (χ2v) is 7.62. The van der Waals surface area contributed by atoms with Gasteiger partial charge in [-0.3, -0.25) is 4.79 Å². The second-order valence-electron chi connectivity index (χ2n) is 6.68. The van der Waals surface area contributed by atoms with Crippen molar-refractivity contribution in [2.75, 3.05) is 11.1 Å². The lowest BCUT2D eigenvalue weighted by atomic mass is 10.0. The van der Waals surface area contributed by atoms with Crippen LogP contribution in [0, 0.1) is 6.92 Å². The quantitative estimate of drug-likeness (QED) is 0.614. The van der Waals surface area contributed by atoms with Gasteiger partial charge in [-0.05, 0) is 30.0 Å². The molecule has 6 heteroatoms. The summed E-state index contributed by atoms with van der Waals surface area (Å²) >= 11 is 1.41. The van der Waals surface area contributed by atoms with Crippen molar-refractivity contribution in [2.24, 2.45) is 0 Å². The molecule has 1 heterocycles. The lowest BCUT2D eigenvalue weighted by molar-refractivity contribution is -0.113. The minimum Gasteiger partial charge on any atom is -0.325 e. The highest BCUT2D eigenvalue weighted by Crippen LogP contribution is 2.24. The second kappa shape index (κ2) is 8.86. The molecule has 0 fully saturated rings. The Morgan fingerprint density at radius 1 is 1.07 bits per heavy atom. The largest absolute Gasteiger partial charge is 0.325 e. The molecule has 5 nitrogen and oxygen atoms in total. The number of para-hydroxylation sites is 1. The number of amides is 1. The number of hydrogen-bond acceptors (Lipinski definition) is 4. The van der Waals surface area contributed by atoms with Crippen molar-refractivity contribution in [1.82, 2.24) is 14.8 Å². The summed E-state index contributed by atoms with van der Waals surface area (Å²) in [6.45, 7) is 6.86. The van der Waals surface area contributed by atoms with E-state index in [1.165, 1.54) is 17.3 Å². The number of anilines is 1. The topological polar surface area (TPSA) is 59.8 Å². The van der Waals surface area contributed by atoms with Crippen molar-refractivity contribution in [2.45, 2.75) is 38.4 Å². The first-order valence-electron chi connectivity index (χ1n) is 9.00. The van der Waals surface area contributed by atoms with Gasteiger partial charge in [0, 0.05) is 5.69 Å². The van der Waals surface area contributed by atoms with Crippen LogP contribution in [0.1, 0.15) is 36.7 Å². The van der Waals surface area contributed by atoms with Crippen molar-refractivity contribution in [3.05, 3.63) is 71.5 Å². The number of rotatable bonds is 7. The van der Waals surface area contributed by atoms with E-state index in [1.54, 1.807) is 0 Å². The SMILES string of the molecule is Cc1nnc(SCC(=O)Nc2ccccc2C(C)C)n1Cc1ccccc1. The molecule has 0 aliphatic rings. The summed E-state index contributed by atoms with van der Waals surface area (Å²) in [7, 11) is 0. The average molecular weight is 381 g/mol. The van der Waals surface area contributed by atoms with Gasteiger partial charge < -0.3 is 9.88 Å². The van der Waals surface area contributed by atoms with Gasteiger partial charge >= 0.3 is 0 Å². The maximum Gasteiger partial charge on any atom is 0.234 e. The van der Waals surface area contributed by atoms with Crippen LogP contribution in [-0.4, -0.2) is 26.4 Å². The predicted molar refractivity (Wildman–Crippen MR) is 110 cm³/mol. The van der Waals surface area contributed by atoms with Crippen molar-refractivity contribution in [3.8, 4) is 0 Å². The molecule has 1 N–H and O–H groups in total. The number of aryl methyl sites for hydroxylation is 1. The highest BCUT2D eigenvalue weighted by atomic mass is 32.2. The summed E-state index contributed by atoms with van der Waals surface area (Å²) in [5.74, 6) is 1.44. The molecule has 0 atom stereocenters. The lowest BCUT2D eigenvalue weighted by Gasteiger charge is -2.13. The van der Waals surface area contributed by atoms with Gasteiger partial charge in [-0.25, -0.2) is 0 Å². The molecule has 27 heavy (non-hydrogen) atoms. The van der Waals surface area contributed by atoms with Crippen molar-refractivity contribution in [3.63, 3.8) is 0 Å². The van der Waals surface area contributed by atoms with Crippen LogP contribution in [0.2, 0.25) is 0 Å². The van der Waals surface area contributed by atoms with E-state index >= 15 is 0 Å². The lowest BCUT2D eigenvalue weighted by Crippen LogP contribution is -2.16. The Hall–Kier alpha value is -2.60. The molecule has 140 valence electrons. The van der Waals surface area contributed by atoms with Gasteiger partial charge in [0.15, 0.2) is 5.16 Å². The Balaban J connectivity index is 1.65. The Morgan fingerprint density at radius 3 is 2.52 bits per heavy atom. The first kappa shape index (κ1) is 19.2.